The van der Waals surface area contributed by atoms with Crippen LogP contribution in [0.5, 0.6) is 0 Å². The molecule has 6 nitrogen and oxygen atoms in total. The molecule has 3 N–H and O–H groups in total. The molecule has 31 heavy (non-hydrogen) atoms. The Morgan fingerprint density at radius 2 is 1.90 bits per heavy atom. The van der Waals surface area contributed by atoms with Crippen molar-refractivity contribution in [3.05, 3.63) is 70.6 Å². The number of thiophene rings is 1. The summed E-state index contributed by atoms with van der Waals surface area (Å²) in [6.45, 7) is 1.86. The summed E-state index contributed by atoms with van der Waals surface area (Å²) in [6, 6.07) is 18.4. The summed E-state index contributed by atoms with van der Waals surface area (Å²) in [6.07, 6.45) is 0.242. The fourth-order valence-corrected chi connectivity index (χ4v) is 4.71. The van der Waals surface area contributed by atoms with Crippen LogP contribution in [0.3, 0.4) is 0 Å². The van der Waals surface area contributed by atoms with Crippen molar-refractivity contribution in [2.75, 3.05) is 26.7 Å². The third-order valence-corrected chi connectivity index (χ3v) is 6.57. The highest BCUT2D eigenvalue weighted by Crippen LogP contribution is 2.29. The second-order valence-electron chi connectivity index (χ2n) is 7.34. The van der Waals surface area contributed by atoms with Gasteiger partial charge in [0.05, 0.1) is 6.54 Å². The van der Waals surface area contributed by atoms with Gasteiger partial charge in [-0.1, -0.05) is 42.5 Å². The molecule has 2 aromatic carbocycles. The van der Waals surface area contributed by atoms with Crippen molar-refractivity contribution in [3.63, 3.8) is 0 Å². The fraction of sp³-hybridized carbons (Fsp3) is 0.304. The first kappa shape index (κ1) is 23.5. The zero-order chi connectivity index (χ0) is 20.9. The molecule has 0 saturated carbocycles. The number of hydrogen-bond acceptors (Lipinski definition) is 4. The number of aliphatic hydroxyl groups excluding tert-OH is 1. The van der Waals surface area contributed by atoms with Crippen molar-refractivity contribution < 1.29 is 9.90 Å². The lowest BCUT2D eigenvalue weighted by molar-refractivity contribution is -0.130. The van der Waals surface area contributed by atoms with Gasteiger partial charge in [0.15, 0.2) is 5.96 Å². The van der Waals surface area contributed by atoms with Crippen LogP contribution >= 0.6 is 35.3 Å². The highest BCUT2D eigenvalue weighted by atomic mass is 127. The van der Waals surface area contributed by atoms with Crippen LogP contribution < -0.4 is 10.6 Å². The van der Waals surface area contributed by atoms with Crippen LogP contribution in [0.25, 0.3) is 10.1 Å². The zero-order valence-corrected chi connectivity index (χ0v) is 20.5. The molecule has 1 aromatic heterocycles. The van der Waals surface area contributed by atoms with Gasteiger partial charge in [-0.25, -0.2) is 0 Å². The number of nitrogens with one attached hydrogen (secondary N) is 2. The Labute approximate surface area is 203 Å². The van der Waals surface area contributed by atoms with Crippen LogP contribution in [0.15, 0.2) is 59.6 Å². The number of carbonyl (C=O) groups is 1. The first-order valence-electron chi connectivity index (χ1n) is 10.1. The Morgan fingerprint density at radius 3 is 2.68 bits per heavy atom. The topological polar surface area (TPSA) is 77.0 Å². The van der Waals surface area contributed by atoms with Gasteiger partial charge in [-0.05, 0) is 35.1 Å². The summed E-state index contributed by atoms with van der Waals surface area (Å²) in [4.78, 5) is 19.6. The maximum absolute atomic E-state index is 12.6. The molecule has 2 heterocycles. The van der Waals surface area contributed by atoms with Gasteiger partial charge in [0.2, 0.25) is 5.91 Å². The highest BCUT2D eigenvalue weighted by molar-refractivity contribution is 14.0. The molecule has 4 rings (SSSR count). The molecule has 164 valence electrons. The lowest BCUT2D eigenvalue weighted by atomic mass is 10.00. The molecule has 1 aliphatic heterocycles. The number of guanidine groups is 1. The van der Waals surface area contributed by atoms with Gasteiger partial charge in [0, 0.05) is 36.3 Å². The largest absolute Gasteiger partial charge is 0.386 e. The molecule has 1 unspecified atom stereocenters. The van der Waals surface area contributed by atoms with Crippen molar-refractivity contribution in [3.8, 4) is 0 Å². The van der Waals surface area contributed by atoms with Crippen molar-refractivity contribution in [1.29, 1.82) is 0 Å². The molecule has 0 fully saturated rings. The van der Waals surface area contributed by atoms with E-state index in [1.807, 2.05) is 41.3 Å². The first-order chi connectivity index (χ1) is 14.6. The predicted octanol–water partition coefficient (Wildman–Crippen LogP) is 3.30. The molecule has 0 bridgehead atoms. The molecule has 1 atom stereocenters. The van der Waals surface area contributed by atoms with E-state index in [1.54, 1.807) is 18.4 Å². The van der Waals surface area contributed by atoms with Crippen LogP contribution in [0, 0.1) is 0 Å². The second-order valence-corrected chi connectivity index (χ2v) is 8.46. The molecule has 3 aromatic rings. The number of aliphatic hydroxyl groups is 1. The minimum atomic E-state index is -0.643. The number of amides is 1. The van der Waals surface area contributed by atoms with Gasteiger partial charge in [0.1, 0.15) is 6.10 Å². The maximum atomic E-state index is 12.6. The smallest absolute Gasteiger partial charge is 0.242 e. The molecule has 0 saturated heterocycles. The normalized spacial score (nSPS) is 14.5. The Bertz CT molecular complexity index is 1040. The third-order valence-electron chi connectivity index (χ3n) is 5.35. The van der Waals surface area contributed by atoms with Crippen molar-refractivity contribution >= 4 is 57.3 Å². The number of halogens is 1. The monoisotopic (exact) mass is 550 g/mol. The molecular formula is C23H27IN4O2S. The molecule has 1 aliphatic rings. The second kappa shape index (κ2) is 10.9. The lowest BCUT2D eigenvalue weighted by Crippen LogP contribution is -2.46. The van der Waals surface area contributed by atoms with Crippen LogP contribution in [-0.2, 0) is 17.8 Å². The van der Waals surface area contributed by atoms with E-state index < -0.39 is 6.10 Å². The van der Waals surface area contributed by atoms with E-state index in [9.17, 15) is 9.90 Å². The van der Waals surface area contributed by atoms with E-state index in [-0.39, 0.29) is 36.4 Å². The number of rotatable bonds is 5. The molecule has 0 spiro atoms. The van der Waals surface area contributed by atoms with E-state index in [2.05, 4.69) is 33.8 Å². The van der Waals surface area contributed by atoms with Gasteiger partial charge in [-0.2, -0.15) is 0 Å². The summed E-state index contributed by atoms with van der Waals surface area (Å²) in [5.74, 6) is 0.540. The number of benzene rings is 2. The van der Waals surface area contributed by atoms with Crippen molar-refractivity contribution in [1.82, 2.24) is 15.5 Å². The van der Waals surface area contributed by atoms with E-state index in [4.69, 9.17) is 0 Å². The third kappa shape index (κ3) is 5.75. The van der Waals surface area contributed by atoms with Gasteiger partial charge in [-0.3, -0.25) is 9.79 Å². The minimum absolute atomic E-state index is 0. The number of fused-ring (bicyclic) bond motifs is 2. The Morgan fingerprint density at radius 1 is 1.16 bits per heavy atom. The quantitative estimate of drug-likeness (QED) is 0.259. The summed E-state index contributed by atoms with van der Waals surface area (Å²) in [7, 11) is 1.66. The average molecular weight is 550 g/mol. The van der Waals surface area contributed by atoms with Crippen molar-refractivity contribution in [2.24, 2.45) is 4.99 Å². The van der Waals surface area contributed by atoms with E-state index >= 15 is 0 Å². The van der Waals surface area contributed by atoms with Gasteiger partial charge in [0.25, 0.3) is 0 Å². The standard InChI is InChI=1S/C23H26N4O2S.HI/c1-24-23(25-13-19(28)21-12-17-7-4-5-9-20(17)30-21)26-14-22(29)27-11-10-16-6-2-3-8-18(16)15-27;/h2-9,12,19,28H,10-11,13-15H2,1H3,(H2,24,25,26);1H. The number of carbonyl (C=O) groups excluding carboxylic acids is 1. The van der Waals surface area contributed by atoms with Crippen LogP contribution in [-0.4, -0.2) is 48.6 Å². The summed E-state index contributed by atoms with van der Waals surface area (Å²) in [5.41, 5.74) is 2.54. The molecule has 0 radical (unpaired) electrons. The zero-order valence-electron chi connectivity index (χ0n) is 17.4. The SMILES string of the molecule is CN=C(NCC(=O)N1CCc2ccccc2C1)NCC(O)c1cc2ccccc2s1.I. The lowest BCUT2D eigenvalue weighted by Gasteiger charge is -2.29. The number of hydrogen-bond donors (Lipinski definition) is 3. The Kier molecular flexibility index (Phi) is 8.28. The summed E-state index contributed by atoms with van der Waals surface area (Å²) in [5, 5.41) is 17.8. The Hall–Kier alpha value is -2.17. The molecule has 8 heteroatoms. The summed E-state index contributed by atoms with van der Waals surface area (Å²) < 4.78 is 1.16. The van der Waals surface area contributed by atoms with Crippen LogP contribution in [0.2, 0.25) is 0 Å². The Balaban J connectivity index is 0.00000272. The van der Waals surface area contributed by atoms with Crippen LogP contribution in [0.1, 0.15) is 22.1 Å². The molecule has 1 amide bonds. The van der Waals surface area contributed by atoms with Gasteiger partial charge >= 0.3 is 0 Å². The summed E-state index contributed by atoms with van der Waals surface area (Å²) >= 11 is 1.59. The maximum Gasteiger partial charge on any atom is 0.242 e. The average Bonchev–Trinajstić information content (AvgIpc) is 3.23. The van der Waals surface area contributed by atoms with Gasteiger partial charge < -0.3 is 20.6 Å². The molecule has 0 aliphatic carbocycles. The van der Waals surface area contributed by atoms with E-state index in [0.717, 1.165) is 27.9 Å². The minimum Gasteiger partial charge on any atom is -0.386 e. The predicted molar refractivity (Wildman–Crippen MR) is 137 cm³/mol. The highest BCUT2D eigenvalue weighted by Gasteiger charge is 2.20. The van der Waals surface area contributed by atoms with E-state index in [1.165, 1.54) is 11.1 Å². The van der Waals surface area contributed by atoms with Crippen LogP contribution in [0.4, 0.5) is 0 Å². The number of nitrogens with zero attached hydrogens (tertiary/aromatic N) is 2. The van der Waals surface area contributed by atoms with Gasteiger partial charge in [-0.15, -0.1) is 35.3 Å². The number of aliphatic imine (C=N–C) groups is 1. The first-order valence-corrected chi connectivity index (χ1v) is 10.9. The van der Waals surface area contributed by atoms with E-state index in [0.29, 0.717) is 19.0 Å². The van der Waals surface area contributed by atoms with Crippen molar-refractivity contribution in [2.45, 2.75) is 19.1 Å². The fourth-order valence-electron chi connectivity index (χ4n) is 3.66. The molecular weight excluding hydrogens is 523 g/mol.